The number of aliphatic hydroxyl groups is 2. The molecular weight excluding hydrogens is 168 g/mol. The zero-order valence-corrected chi connectivity index (χ0v) is 8.70. The van der Waals surface area contributed by atoms with E-state index in [0.717, 1.165) is 19.4 Å². The minimum absolute atomic E-state index is 0.131. The smallest absolute Gasteiger partial charge is 0.0777 e. The molecule has 0 aliphatic heterocycles. The van der Waals surface area contributed by atoms with Crippen molar-refractivity contribution in [3.8, 4) is 0 Å². The largest absolute Gasteiger partial charge is 0.396 e. The van der Waals surface area contributed by atoms with E-state index in [0.29, 0.717) is 13.0 Å². The first-order chi connectivity index (χ1) is 6.20. The summed E-state index contributed by atoms with van der Waals surface area (Å²) in [5.74, 6) is 0.157. The lowest BCUT2D eigenvalue weighted by molar-refractivity contribution is 0.0196. The molecule has 3 nitrogen and oxygen atoms in total. The third-order valence-electron chi connectivity index (χ3n) is 1.94. The van der Waals surface area contributed by atoms with Gasteiger partial charge in [-0.05, 0) is 18.8 Å². The first-order valence-corrected chi connectivity index (χ1v) is 5.07. The van der Waals surface area contributed by atoms with Crippen molar-refractivity contribution in [3.05, 3.63) is 0 Å². The second kappa shape index (κ2) is 8.48. The standard InChI is InChI=1S/C10H22O3/c1-3-4-5-13-8-10(12)6-9(2)7-11/h9-12H,3-8H2,1-2H3/t9-,10-/m0/s1. The fraction of sp³-hybridized carbons (Fsp3) is 1.00. The highest BCUT2D eigenvalue weighted by Crippen LogP contribution is 2.05. The van der Waals surface area contributed by atoms with E-state index in [1.54, 1.807) is 0 Å². The highest BCUT2D eigenvalue weighted by Gasteiger charge is 2.09. The van der Waals surface area contributed by atoms with Crippen LogP contribution in [0.4, 0.5) is 0 Å². The minimum atomic E-state index is -0.431. The Hall–Kier alpha value is -0.120. The normalized spacial score (nSPS) is 15.7. The molecule has 13 heavy (non-hydrogen) atoms. The molecule has 0 saturated carbocycles. The lowest BCUT2D eigenvalue weighted by Crippen LogP contribution is -2.20. The van der Waals surface area contributed by atoms with Crippen LogP contribution in [0.25, 0.3) is 0 Å². The number of unbranched alkanes of at least 4 members (excludes halogenated alkanes) is 1. The highest BCUT2D eigenvalue weighted by molar-refractivity contribution is 4.59. The average molecular weight is 190 g/mol. The van der Waals surface area contributed by atoms with Gasteiger partial charge in [-0.1, -0.05) is 20.3 Å². The molecule has 0 saturated heterocycles. The van der Waals surface area contributed by atoms with E-state index >= 15 is 0 Å². The van der Waals surface area contributed by atoms with Gasteiger partial charge in [0.25, 0.3) is 0 Å². The molecule has 0 fully saturated rings. The molecule has 3 heteroatoms. The van der Waals surface area contributed by atoms with Crippen LogP contribution in [0, 0.1) is 5.92 Å². The van der Waals surface area contributed by atoms with Crippen LogP contribution in [0.5, 0.6) is 0 Å². The molecule has 2 N–H and O–H groups in total. The van der Waals surface area contributed by atoms with E-state index < -0.39 is 6.10 Å². The van der Waals surface area contributed by atoms with Crippen molar-refractivity contribution in [1.29, 1.82) is 0 Å². The van der Waals surface area contributed by atoms with Gasteiger partial charge in [0.1, 0.15) is 0 Å². The fourth-order valence-corrected chi connectivity index (χ4v) is 1.07. The molecule has 0 aromatic heterocycles. The topological polar surface area (TPSA) is 49.7 Å². The summed E-state index contributed by atoms with van der Waals surface area (Å²) in [5, 5.41) is 18.2. The summed E-state index contributed by atoms with van der Waals surface area (Å²) in [6, 6.07) is 0. The molecule has 0 spiro atoms. The Morgan fingerprint density at radius 2 is 2.08 bits per heavy atom. The van der Waals surface area contributed by atoms with Crippen molar-refractivity contribution in [3.63, 3.8) is 0 Å². The summed E-state index contributed by atoms with van der Waals surface area (Å²) in [5.41, 5.74) is 0. The van der Waals surface area contributed by atoms with Crippen molar-refractivity contribution in [2.45, 2.75) is 39.2 Å². The number of hydrogen-bond donors (Lipinski definition) is 2. The summed E-state index contributed by atoms with van der Waals surface area (Å²) >= 11 is 0. The Kier molecular flexibility index (Phi) is 8.40. The fourth-order valence-electron chi connectivity index (χ4n) is 1.07. The Labute approximate surface area is 80.7 Å². The summed E-state index contributed by atoms with van der Waals surface area (Å²) in [6.07, 6.45) is 2.34. The average Bonchev–Trinajstić information content (AvgIpc) is 2.12. The molecule has 80 valence electrons. The van der Waals surface area contributed by atoms with Crippen molar-refractivity contribution >= 4 is 0 Å². The molecular formula is C10H22O3. The lowest BCUT2D eigenvalue weighted by atomic mass is 10.1. The number of rotatable bonds is 8. The Morgan fingerprint density at radius 3 is 2.62 bits per heavy atom. The molecule has 2 atom stereocenters. The molecule has 0 aliphatic rings. The molecule has 0 aromatic carbocycles. The SMILES string of the molecule is CCCCOC[C@@H](O)C[C@H](C)CO. The Bertz CT molecular complexity index is 106. The summed E-state index contributed by atoms with van der Waals surface area (Å²) in [7, 11) is 0. The van der Waals surface area contributed by atoms with Gasteiger partial charge in [-0.2, -0.15) is 0 Å². The van der Waals surface area contributed by atoms with Crippen LogP contribution in [0.1, 0.15) is 33.1 Å². The van der Waals surface area contributed by atoms with E-state index in [9.17, 15) is 5.11 Å². The molecule has 0 bridgehead atoms. The molecule has 0 heterocycles. The van der Waals surface area contributed by atoms with Crippen LogP contribution in [-0.2, 0) is 4.74 Å². The van der Waals surface area contributed by atoms with Gasteiger partial charge in [-0.25, -0.2) is 0 Å². The van der Waals surface area contributed by atoms with Gasteiger partial charge in [0, 0.05) is 13.2 Å². The molecule has 0 aromatic rings. The van der Waals surface area contributed by atoms with Gasteiger partial charge in [0.2, 0.25) is 0 Å². The third kappa shape index (κ3) is 8.22. The van der Waals surface area contributed by atoms with Crippen LogP contribution in [0.15, 0.2) is 0 Å². The number of ether oxygens (including phenoxy) is 1. The van der Waals surface area contributed by atoms with Gasteiger partial charge in [-0.15, -0.1) is 0 Å². The number of aliphatic hydroxyl groups excluding tert-OH is 2. The van der Waals surface area contributed by atoms with Crippen LogP contribution in [0.2, 0.25) is 0 Å². The van der Waals surface area contributed by atoms with E-state index in [1.807, 2.05) is 6.92 Å². The molecule has 0 unspecified atom stereocenters. The van der Waals surface area contributed by atoms with Crippen molar-refractivity contribution in [2.75, 3.05) is 19.8 Å². The van der Waals surface area contributed by atoms with Gasteiger partial charge in [0.15, 0.2) is 0 Å². The van der Waals surface area contributed by atoms with Crippen LogP contribution < -0.4 is 0 Å². The van der Waals surface area contributed by atoms with Gasteiger partial charge in [-0.3, -0.25) is 0 Å². The summed E-state index contributed by atoms with van der Waals surface area (Å²) in [6.45, 7) is 5.26. The first-order valence-electron chi connectivity index (χ1n) is 5.07. The predicted molar refractivity (Wildman–Crippen MR) is 52.6 cm³/mol. The van der Waals surface area contributed by atoms with Crippen LogP contribution in [0.3, 0.4) is 0 Å². The van der Waals surface area contributed by atoms with Crippen LogP contribution >= 0.6 is 0 Å². The molecule has 0 amide bonds. The van der Waals surface area contributed by atoms with Gasteiger partial charge >= 0.3 is 0 Å². The van der Waals surface area contributed by atoms with E-state index in [2.05, 4.69) is 6.92 Å². The number of hydrogen-bond acceptors (Lipinski definition) is 3. The first kappa shape index (κ1) is 12.9. The molecule has 0 radical (unpaired) electrons. The predicted octanol–water partition coefficient (Wildman–Crippen LogP) is 1.18. The van der Waals surface area contributed by atoms with Crippen molar-refractivity contribution in [2.24, 2.45) is 5.92 Å². The summed E-state index contributed by atoms with van der Waals surface area (Å²) in [4.78, 5) is 0. The minimum Gasteiger partial charge on any atom is -0.396 e. The second-order valence-electron chi connectivity index (χ2n) is 3.61. The Balaban J connectivity index is 3.24. The maximum absolute atomic E-state index is 9.41. The maximum atomic E-state index is 9.41. The monoisotopic (exact) mass is 190 g/mol. The van der Waals surface area contributed by atoms with E-state index in [-0.39, 0.29) is 12.5 Å². The Morgan fingerprint density at radius 1 is 1.38 bits per heavy atom. The second-order valence-corrected chi connectivity index (χ2v) is 3.61. The maximum Gasteiger partial charge on any atom is 0.0777 e. The van der Waals surface area contributed by atoms with Crippen molar-refractivity contribution in [1.82, 2.24) is 0 Å². The quantitative estimate of drug-likeness (QED) is 0.565. The van der Waals surface area contributed by atoms with Gasteiger partial charge < -0.3 is 14.9 Å². The molecule has 0 aliphatic carbocycles. The van der Waals surface area contributed by atoms with E-state index in [1.165, 1.54) is 0 Å². The van der Waals surface area contributed by atoms with Gasteiger partial charge in [0.05, 0.1) is 12.7 Å². The lowest BCUT2D eigenvalue weighted by Gasteiger charge is -2.14. The van der Waals surface area contributed by atoms with Crippen molar-refractivity contribution < 1.29 is 14.9 Å². The molecule has 0 rings (SSSR count). The third-order valence-corrected chi connectivity index (χ3v) is 1.94. The zero-order valence-electron chi connectivity index (χ0n) is 8.70. The summed E-state index contributed by atoms with van der Waals surface area (Å²) < 4.78 is 5.25. The van der Waals surface area contributed by atoms with Crippen LogP contribution in [-0.4, -0.2) is 36.1 Å². The zero-order chi connectivity index (χ0) is 10.1. The highest BCUT2D eigenvalue weighted by atomic mass is 16.5. The van der Waals surface area contributed by atoms with E-state index in [4.69, 9.17) is 9.84 Å².